The second-order valence-electron chi connectivity index (χ2n) is 8.90. The Labute approximate surface area is 194 Å². The number of pyridine rings is 1. The van der Waals surface area contributed by atoms with Crippen LogP contribution in [0.4, 0.5) is 18.9 Å². The van der Waals surface area contributed by atoms with Gasteiger partial charge in [-0.1, -0.05) is 6.07 Å². The minimum Gasteiger partial charge on any atom is -0.489 e. The summed E-state index contributed by atoms with van der Waals surface area (Å²) in [5.74, 6) is -0.0654. The molecular formula is C24H27F3N4O3. The number of carbonyl (C=O) groups is 1. The number of aliphatic hydroxyl groups excluding tert-OH is 1. The van der Waals surface area contributed by atoms with E-state index >= 15 is 0 Å². The minimum atomic E-state index is -4.65. The largest absolute Gasteiger partial charge is 0.489 e. The van der Waals surface area contributed by atoms with Gasteiger partial charge in [0.05, 0.1) is 23.3 Å². The summed E-state index contributed by atoms with van der Waals surface area (Å²) >= 11 is 0. The SMILES string of the molecule is CC(C)Oc1cc2nn(C3CCC(CO)CC3)cc2cc1NC(=O)c1cccc(C(F)(F)F)n1. The first-order chi connectivity index (χ1) is 16.1. The molecule has 1 aromatic carbocycles. The topological polar surface area (TPSA) is 89.3 Å². The lowest BCUT2D eigenvalue weighted by molar-refractivity contribution is -0.141. The number of hydrogen-bond donors (Lipinski definition) is 2. The van der Waals surface area contributed by atoms with Crippen LogP contribution in [0.5, 0.6) is 5.75 Å². The summed E-state index contributed by atoms with van der Waals surface area (Å²) in [5, 5.41) is 17.5. The normalized spacial score (nSPS) is 18.9. The van der Waals surface area contributed by atoms with Crippen LogP contribution in [0.25, 0.3) is 10.9 Å². The van der Waals surface area contributed by atoms with Gasteiger partial charge in [0.1, 0.15) is 17.1 Å². The summed E-state index contributed by atoms with van der Waals surface area (Å²) < 4.78 is 46.8. The maximum absolute atomic E-state index is 13.0. The third kappa shape index (κ3) is 5.32. The van der Waals surface area contributed by atoms with Crippen molar-refractivity contribution in [2.75, 3.05) is 11.9 Å². The molecule has 7 nitrogen and oxygen atoms in total. The Morgan fingerprint density at radius 3 is 2.62 bits per heavy atom. The quantitative estimate of drug-likeness (QED) is 0.510. The molecule has 4 rings (SSSR count). The second-order valence-corrected chi connectivity index (χ2v) is 8.90. The number of carbonyl (C=O) groups excluding carboxylic acids is 1. The van der Waals surface area contributed by atoms with Gasteiger partial charge in [-0.15, -0.1) is 0 Å². The van der Waals surface area contributed by atoms with Gasteiger partial charge in [-0.2, -0.15) is 18.3 Å². The van der Waals surface area contributed by atoms with E-state index in [9.17, 15) is 23.1 Å². The Bertz CT molecular complexity index is 1170. The van der Waals surface area contributed by atoms with E-state index in [1.54, 1.807) is 12.1 Å². The molecule has 10 heteroatoms. The lowest BCUT2D eigenvalue weighted by Gasteiger charge is -2.27. The van der Waals surface area contributed by atoms with Gasteiger partial charge in [0.2, 0.25) is 0 Å². The fourth-order valence-electron chi connectivity index (χ4n) is 4.21. The van der Waals surface area contributed by atoms with Gasteiger partial charge >= 0.3 is 6.18 Å². The highest BCUT2D eigenvalue weighted by molar-refractivity contribution is 6.05. The molecular weight excluding hydrogens is 449 g/mol. The van der Waals surface area contributed by atoms with Gasteiger partial charge in [0, 0.05) is 24.3 Å². The Balaban J connectivity index is 1.62. The zero-order valence-corrected chi connectivity index (χ0v) is 19.0. The summed E-state index contributed by atoms with van der Waals surface area (Å²) in [6.07, 6.45) is 0.756. The molecule has 3 aromatic rings. The van der Waals surface area contributed by atoms with Gasteiger partial charge in [0.25, 0.3) is 5.91 Å². The lowest BCUT2D eigenvalue weighted by Crippen LogP contribution is -2.20. The Hall–Kier alpha value is -3.14. The van der Waals surface area contributed by atoms with Gasteiger partial charge in [-0.25, -0.2) is 4.98 Å². The molecule has 0 radical (unpaired) electrons. The third-order valence-electron chi connectivity index (χ3n) is 5.96. The number of alkyl halides is 3. The molecule has 0 atom stereocenters. The highest BCUT2D eigenvalue weighted by atomic mass is 19.4. The standard InChI is InChI=1S/C24H27F3N4O3/c1-14(2)34-21-11-19-16(12-31(30-19)17-8-6-15(13-32)7-9-17)10-20(21)29-23(33)18-4-3-5-22(28-18)24(25,26)27/h3-5,10-12,14-15,17,32H,6-9,13H2,1-2H3,(H,29,33). The molecule has 0 saturated heterocycles. The number of ether oxygens (including phenoxy) is 1. The molecule has 182 valence electrons. The number of rotatable bonds is 6. The van der Waals surface area contributed by atoms with E-state index < -0.39 is 17.8 Å². The van der Waals surface area contributed by atoms with Crippen LogP contribution in [0.1, 0.15) is 61.8 Å². The molecule has 0 unspecified atom stereocenters. The number of hydrogen-bond acceptors (Lipinski definition) is 5. The molecule has 2 N–H and O–H groups in total. The van der Waals surface area contributed by atoms with Crippen molar-refractivity contribution in [3.63, 3.8) is 0 Å². The number of nitrogens with one attached hydrogen (secondary N) is 1. The number of anilines is 1. The first kappa shape index (κ1) is 24.0. The molecule has 0 aliphatic heterocycles. The van der Waals surface area contributed by atoms with Crippen LogP contribution in [-0.4, -0.2) is 38.5 Å². The fraction of sp³-hybridized carbons (Fsp3) is 0.458. The summed E-state index contributed by atoms with van der Waals surface area (Å²) in [5.41, 5.74) is -0.461. The van der Waals surface area contributed by atoms with Crippen LogP contribution >= 0.6 is 0 Å². The average molecular weight is 476 g/mol. The summed E-state index contributed by atoms with van der Waals surface area (Å²) in [4.78, 5) is 16.2. The Kier molecular flexibility index (Phi) is 6.79. The van der Waals surface area contributed by atoms with Crippen molar-refractivity contribution in [1.82, 2.24) is 14.8 Å². The van der Waals surface area contributed by atoms with Crippen molar-refractivity contribution in [2.45, 2.75) is 57.9 Å². The minimum absolute atomic E-state index is 0.198. The van der Waals surface area contributed by atoms with Crippen LogP contribution in [-0.2, 0) is 6.18 Å². The second kappa shape index (κ2) is 9.61. The first-order valence-electron chi connectivity index (χ1n) is 11.3. The maximum atomic E-state index is 13.0. The average Bonchev–Trinajstić information content (AvgIpc) is 3.21. The van der Waals surface area contributed by atoms with Gasteiger partial charge in [0.15, 0.2) is 0 Å². The molecule has 1 aliphatic rings. The van der Waals surface area contributed by atoms with E-state index in [0.717, 1.165) is 43.2 Å². The summed E-state index contributed by atoms with van der Waals surface area (Å²) in [6.45, 7) is 3.87. The van der Waals surface area contributed by atoms with Gasteiger partial charge < -0.3 is 15.2 Å². The van der Waals surface area contributed by atoms with E-state index in [0.29, 0.717) is 22.9 Å². The van der Waals surface area contributed by atoms with Gasteiger partial charge in [-0.3, -0.25) is 9.48 Å². The molecule has 0 spiro atoms. The number of halogens is 3. The number of fused-ring (bicyclic) bond motifs is 1. The van der Waals surface area contributed by atoms with Crippen molar-refractivity contribution in [3.05, 3.63) is 47.9 Å². The zero-order chi connectivity index (χ0) is 24.5. The number of aromatic nitrogens is 3. The van der Waals surface area contributed by atoms with Crippen molar-refractivity contribution in [1.29, 1.82) is 0 Å². The highest BCUT2D eigenvalue weighted by Gasteiger charge is 2.33. The third-order valence-corrected chi connectivity index (χ3v) is 5.96. The Morgan fingerprint density at radius 2 is 1.97 bits per heavy atom. The number of nitrogens with zero attached hydrogens (tertiary/aromatic N) is 3. The van der Waals surface area contributed by atoms with Gasteiger partial charge in [-0.05, 0) is 63.6 Å². The summed E-state index contributed by atoms with van der Waals surface area (Å²) in [6, 6.07) is 6.85. The smallest absolute Gasteiger partial charge is 0.433 e. The van der Waals surface area contributed by atoms with E-state index in [-0.39, 0.29) is 24.4 Å². The number of amides is 1. The molecule has 34 heavy (non-hydrogen) atoms. The predicted octanol–water partition coefficient (Wildman–Crippen LogP) is 5.21. The van der Waals surface area contributed by atoms with Crippen molar-refractivity contribution >= 4 is 22.5 Å². The molecule has 1 fully saturated rings. The fourth-order valence-corrected chi connectivity index (χ4v) is 4.21. The van der Waals surface area contributed by atoms with Crippen molar-refractivity contribution in [3.8, 4) is 5.75 Å². The van der Waals surface area contributed by atoms with Crippen LogP contribution < -0.4 is 10.1 Å². The first-order valence-corrected chi connectivity index (χ1v) is 11.3. The Morgan fingerprint density at radius 1 is 1.24 bits per heavy atom. The molecule has 1 saturated carbocycles. The number of aliphatic hydroxyl groups is 1. The monoisotopic (exact) mass is 476 g/mol. The van der Waals surface area contributed by atoms with E-state index in [1.165, 1.54) is 6.07 Å². The maximum Gasteiger partial charge on any atom is 0.433 e. The van der Waals surface area contributed by atoms with Crippen LogP contribution in [0, 0.1) is 5.92 Å². The van der Waals surface area contributed by atoms with Crippen LogP contribution in [0.3, 0.4) is 0 Å². The van der Waals surface area contributed by atoms with Crippen LogP contribution in [0.2, 0.25) is 0 Å². The molecule has 0 bridgehead atoms. The molecule has 2 aromatic heterocycles. The van der Waals surface area contributed by atoms with Crippen LogP contribution in [0.15, 0.2) is 36.5 Å². The molecule has 1 aliphatic carbocycles. The van der Waals surface area contributed by atoms with E-state index in [2.05, 4.69) is 10.3 Å². The molecule has 2 heterocycles. The van der Waals surface area contributed by atoms with E-state index in [1.807, 2.05) is 24.7 Å². The van der Waals surface area contributed by atoms with Crippen molar-refractivity contribution < 1.29 is 27.8 Å². The highest BCUT2D eigenvalue weighted by Crippen LogP contribution is 2.35. The number of benzene rings is 1. The summed E-state index contributed by atoms with van der Waals surface area (Å²) in [7, 11) is 0. The zero-order valence-electron chi connectivity index (χ0n) is 19.0. The lowest BCUT2D eigenvalue weighted by atomic mass is 9.87. The molecule has 1 amide bonds. The van der Waals surface area contributed by atoms with E-state index in [4.69, 9.17) is 9.84 Å². The van der Waals surface area contributed by atoms with Crippen molar-refractivity contribution in [2.24, 2.45) is 5.92 Å². The predicted molar refractivity (Wildman–Crippen MR) is 121 cm³/mol.